The van der Waals surface area contributed by atoms with Gasteiger partial charge in [-0.05, 0) is 31.4 Å². The van der Waals surface area contributed by atoms with E-state index in [0.717, 1.165) is 22.0 Å². The number of carbonyl (C=O) groups excluding carboxylic acids is 1. The molecule has 0 atom stereocenters. The van der Waals surface area contributed by atoms with Gasteiger partial charge >= 0.3 is 6.18 Å². The third-order valence-corrected chi connectivity index (χ3v) is 5.27. The number of H-pyrrole nitrogens is 1. The van der Waals surface area contributed by atoms with Crippen molar-refractivity contribution in [3.63, 3.8) is 0 Å². The number of aryl methyl sites for hydroxylation is 3. The number of carbonyl (C=O) groups is 1. The zero-order valence-electron chi connectivity index (χ0n) is 17.3. The first-order chi connectivity index (χ1) is 15.2. The van der Waals surface area contributed by atoms with Crippen LogP contribution in [0.1, 0.15) is 33.0 Å². The lowest BCUT2D eigenvalue weighted by Gasteiger charge is -2.15. The molecular weight excluding hydrogens is 417 g/mol. The monoisotopic (exact) mass is 438 g/mol. The molecule has 0 saturated heterocycles. The van der Waals surface area contributed by atoms with E-state index < -0.39 is 18.5 Å². The molecule has 0 aliphatic rings. The zero-order valence-corrected chi connectivity index (χ0v) is 17.3. The van der Waals surface area contributed by atoms with Crippen molar-refractivity contribution in [3.05, 3.63) is 82.9 Å². The highest BCUT2D eigenvalue weighted by Crippen LogP contribution is 2.28. The lowest BCUT2D eigenvalue weighted by Crippen LogP contribution is -2.22. The van der Waals surface area contributed by atoms with Gasteiger partial charge in [-0.3, -0.25) is 4.79 Å². The topological polar surface area (TPSA) is 84.7 Å². The fourth-order valence-electron chi connectivity index (χ4n) is 3.77. The summed E-state index contributed by atoms with van der Waals surface area (Å²) in [4.78, 5) is 23.8. The van der Waals surface area contributed by atoms with Crippen LogP contribution in [0.4, 0.5) is 13.2 Å². The smallest absolute Gasteiger partial charge is 0.365 e. The fourth-order valence-corrected chi connectivity index (χ4v) is 3.77. The van der Waals surface area contributed by atoms with Gasteiger partial charge in [0.1, 0.15) is 12.2 Å². The Morgan fingerprint density at radius 3 is 2.44 bits per heavy atom. The van der Waals surface area contributed by atoms with Crippen molar-refractivity contribution < 1.29 is 18.0 Å². The van der Waals surface area contributed by atoms with Gasteiger partial charge < -0.3 is 10.7 Å². The van der Waals surface area contributed by atoms with Crippen molar-refractivity contribution in [3.8, 4) is 11.3 Å². The molecule has 0 spiro atoms. The number of primary amides is 1. The minimum Gasteiger partial charge on any atom is -0.365 e. The predicted molar refractivity (Wildman–Crippen MR) is 116 cm³/mol. The standard InChI is InChI=1S/C24H21F3N4O/c1-14-6-8-15(9-7-14)22-21(23(28)32)19(30-20(31-22)12-24(25,26)27)11-10-16-13-29-18-5-3-2-4-17(16)18/h2-9,13,29H,10-12H2,1H3,(H2,28,32). The van der Waals surface area contributed by atoms with E-state index in [9.17, 15) is 18.0 Å². The average molecular weight is 438 g/mol. The summed E-state index contributed by atoms with van der Waals surface area (Å²) in [6.45, 7) is 1.89. The molecule has 0 bridgehead atoms. The highest BCUT2D eigenvalue weighted by molar-refractivity contribution is 6.00. The van der Waals surface area contributed by atoms with Crippen LogP contribution >= 0.6 is 0 Å². The first-order valence-corrected chi connectivity index (χ1v) is 10.1. The number of para-hydroxylation sites is 1. The van der Waals surface area contributed by atoms with E-state index in [-0.39, 0.29) is 29.2 Å². The fraction of sp³-hybridized carbons (Fsp3) is 0.208. The molecule has 8 heteroatoms. The molecule has 0 aliphatic carbocycles. The molecule has 2 aromatic carbocycles. The highest BCUT2D eigenvalue weighted by Gasteiger charge is 2.31. The van der Waals surface area contributed by atoms with E-state index in [0.29, 0.717) is 12.0 Å². The van der Waals surface area contributed by atoms with E-state index in [2.05, 4.69) is 15.0 Å². The number of amides is 1. The summed E-state index contributed by atoms with van der Waals surface area (Å²) < 4.78 is 39.4. The summed E-state index contributed by atoms with van der Waals surface area (Å²) >= 11 is 0. The molecule has 0 radical (unpaired) electrons. The highest BCUT2D eigenvalue weighted by atomic mass is 19.4. The van der Waals surface area contributed by atoms with E-state index in [1.807, 2.05) is 37.4 Å². The van der Waals surface area contributed by atoms with E-state index in [1.165, 1.54) is 0 Å². The summed E-state index contributed by atoms with van der Waals surface area (Å²) in [5, 5.41) is 1.01. The summed E-state index contributed by atoms with van der Waals surface area (Å²) in [6, 6.07) is 14.8. The number of hydrogen-bond acceptors (Lipinski definition) is 3. The zero-order chi connectivity index (χ0) is 22.9. The molecule has 0 aliphatic heterocycles. The molecule has 4 rings (SSSR count). The summed E-state index contributed by atoms with van der Waals surface area (Å²) in [5.41, 5.74) is 9.47. The van der Waals surface area contributed by atoms with Crippen LogP contribution in [0.2, 0.25) is 0 Å². The van der Waals surface area contributed by atoms with Crippen molar-refractivity contribution in [2.45, 2.75) is 32.4 Å². The van der Waals surface area contributed by atoms with Crippen molar-refractivity contribution in [1.29, 1.82) is 0 Å². The molecule has 1 amide bonds. The summed E-state index contributed by atoms with van der Waals surface area (Å²) in [5.74, 6) is -1.15. The van der Waals surface area contributed by atoms with E-state index in [1.54, 1.807) is 24.3 Å². The van der Waals surface area contributed by atoms with Gasteiger partial charge in [0.25, 0.3) is 5.91 Å². The molecule has 0 fully saturated rings. The molecule has 2 heterocycles. The average Bonchev–Trinajstić information content (AvgIpc) is 3.14. The third-order valence-electron chi connectivity index (χ3n) is 5.27. The van der Waals surface area contributed by atoms with Crippen molar-refractivity contribution >= 4 is 16.8 Å². The maximum atomic E-state index is 13.1. The molecular formula is C24H21F3N4O. The quantitative estimate of drug-likeness (QED) is 0.448. The number of halogens is 3. The molecule has 3 N–H and O–H groups in total. The molecule has 164 valence electrons. The van der Waals surface area contributed by atoms with Gasteiger partial charge in [-0.15, -0.1) is 0 Å². The Kier molecular flexibility index (Phi) is 5.69. The predicted octanol–water partition coefficient (Wildman–Crippen LogP) is 4.92. The molecule has 0 saturated carbocycles. The van der Waals surface area contributed by atoms with Gasteiger partial charge in [0.05, 0.1) is 17.0 Å². The van der Waals surface area contributed by atoms with Gasteiger partial charge in [-0.2, -0.15) is 13.2 Å². The van der Waals surface area contributed by atoms with Crippen LogP contribution in [0.15, 0.2) is 54.7 Å². The third kappa shape index (κ3) is 4.64. The Hall–Kier alpha value is -3.68. The number of alkyl halides is 3. The number of nitrogens with zero attached hydrogens (tertiary/aromatic N) is 2. The van der Waals surface area contributed by atoms with Gasteiger partial charge in [-0.25, -0.2) is 9.97 Å². The summed E-state index contributed by atoms with van der Waals surface area (Å²) in [6.07, 6.45) is -3.20. The number of aromatic nitrogens is 3. The number of aromatic amines is 1. The van der Waals surface area contributed by atoms with E-state index >= 15 is 0 Å². The minimum atomic E-state index is -4.48. The maximum Gasteiger partial charge on any atom is 0.396 e. The Bertz CT molecular complexity index is 1280. The van der Waals surface area contributed by atoms with Crippen LogP contribution < -0.4 is 5.73 Å². The second-order valence-corrected chi connectivity index (χ2v) is 7.69. The van der Waals surface area contributed by atoms with Crippen LogP contribution in [-0.4, -0.2) is 27.0 Å². The normalized spacial score (nSPS) is 11.8. The van der Waals surface area contributed by atoms with Crippen LogP contribution in [0.3, 0.4) is 0 Å². The Labute approximate surface area is 182 Å². The number of benzene rings is 2. The van der Waals surface area contributed by atoms with E-state index in [4.69, 9.17) is 5.73 Å². The number of nitrogens with one attached hydrogen (secondary N) is 1. The maximum absolute atomic E-state index is 13.1. The van der Waals surface area contributed by atoms with Crippen molar-refractivity contribution in [2.75, 3.05) is 0 Å². The van der Waals surface area contributed by atoms with Crippen molar-refractivity contribution in [1.82, 2.24) is 15.0 Å². The van der Waals surface area contributed by atoms with Gasteiger partial charge in [0.2, 0.25) is 0 Å². The molecule has 2 aromatic heterocycles. The first-order valence-electron chi connectivity index (χ1n) is 10.1. The van der Waals surface area contributed by atoms with Gasteiger partial charge in [0.15, 0.2) is 0 Å². The van der Waals surface area contributed by atoms with Crippen LogP contribution in [0.5, 0.6) is 0 Å². The van der Waals surface area contributed by atoms with Crippen molar-refractivity contribution in [2.24, 2.45) is 5.73 Å². The Morgan fingerprint density at radius 2 is 1.75 bits per heavy atom. The number of nitrogens with two attached hydrogens (primary N) is 1. The minimum absolute atomic E-state index is 0.0552. The Morgan fingerprint density at radius 1 is 1.03 bits per heavy atom. The largest absolute Gasteiger partial charge is 0.396 e. The Balaban J connectivity index is 1.79. The number of hydrogen-bond donors (Lipinski definition) is 2. The summed E-state index contributed by atoms with van der Waals surface area (Å²) in [7, 11) is 0. The number of fused-ring (bicyclic) bond motifs is 1. The second kappa shape index (κ2) is 8.45. The molecule has 32 heavy (non-hydrogen) atoms. The molecule has 0 unspecified atom stereocenters. The lowest BCUT2D eigenvalue weighted by molar-refractivity contribution is -0.128. The van der Waals surface area contributed by atoms with Crippen LogP contribution in [-0.2, 0) is 19.3 Å². The van der Waals surface area contributed by atoms with Gasteiger partial charge in [-0.1, -0.05) is 48.0 Å². The molecule has 4 aromatic rings. The first kappa shape index (κ1) is 21.5. The number of rotatable bonds is 6. The SMILES string of the molecule is Cc1ccc(-c2nc(CC(F)(F)F)nc(CCc3c[nH]c4ccccc34)c2C(N)=O)cc1. The van der Waals surface area contributed by atoms with Crippen LogP contribution in [0.25, 0.3) is 22.2 Å². The molecule has 5 nitrogen and oxygen atoms in total. The van der Waals surface area contributed by atoms with Gasteiger partial charge in [0, 0.05) is 22.7 Å². The lowest BCUT2D eigenvalue weighted by atomic mass is 9.98. The second-order valence-electron chi connectivity index (χ2n) is 7.69. The van der Waals surface area contributed by atoms with Crippen LogP contribution in [0, 0.1) is 6.92 Å².